The van der Waals surface area contributed by atoms with Gasteiger partial charge < -0.3 is 12.6 Å². The normalized spacial score (nSPS) is 8.11. The first-order valence-electron chi connectivity index (χ1n) is 2.55. The van der Waals surface area contributed by atoms with Gasteiger partial charge in [-0.1, -0.05) is 35.9 Å². The van der Waals surface area contributed by atoms with Gasteiger partial charge in [0.1, 0.15) is 0 Å². The number of rotatable bonds is 1. The smallest absolute Gasteiger partial charge is 0 e. The molecule has 2 heteroatoms. The summed E-state index contributed by atoms with van der Waals surface area (Å²) < 4.78 is 0. The van der Waals surface area contributed by atoms with E-state index in [0.717, 1.165) is 5.75 Å². The Kier molecular flexibility index (Phi) is 5.78. The summed E-state index contributed by atoms with van der Waals surface area (Å²) >= 11 is 4.82. The van der Waals surface area contributed by atoms with Crippen LogP contribution in [0.2, 0.25) is 0 Å². The first kappa shape index (κ1) is 9.62. The number of hydrogen-bond donors (Lipinski definition) is 0. The fraction of sp³-hybridized carbons (Fsp3) is 0.143. The van der Waals surface area contributed by atoms with Crippen molar-refractivity contribution in [2.24, 2.45) is 0 Å². The van der Waals surface area contributed by atoms with Gasteiger partial charge in [0.2, 0.25) is 0 Å². The maximum Gasteiger partial charge on any atom is 0 e. The molecule has 0 heterocycles. The van der Waals surface area contributed by atoms with Crippen LogP contribution in [0.1, 0.15) is 5.56 Å². The molecule has 0 unspecified atom stereocenters. The van der Waals surface area contributed by atoms with Gasteiger partial charge in [0.15, 0.2) is 0 Å². The third-order valence-corrected chi connectivity index (χ3v) is 1.34. The monoisotopic (exact) mass is 361 g/mol. The van der Waals surface area contributed by atoms with E-state index >= 15 is 0 Å². The van der Waals surface area contributed by atoms with Crippen LogP contribution in [0.15, 0.2) is 30.3 Å². The average Bonchev–Trinajstić information content (AvgIpc) is 1.90. The predicted molar refractivity (Wildman–Crippen MR) is 37.5 cm³/mol. The SMILES string of the molecule is [S-]Cc1ccccc1.[U]. The van der Waals surface area contributed by atoms with Crippen LogP contribution in [-0.2, 0) is 18.4 Å². The molecule has 0 aliphatic heterocycles. The Morgan fingerprint density at radius 1 is 1.11 bits per heavy atom. The molecule has 0 spiro atoms. The van der Waals surface area contributed by atoms with Crippen molar-refractivity contribution in [2.45, 2.75) is 5.75 Å². The molecule has 9 heavy (non-hydrogen) atoms. The van der Waals surface area contributed by atoms with Crippen LogP contribution < -0.4 is 0 Å². The molecule has 1 rings (SSSR count). The second kappa shape index (κ2) is 5.41. The topological polar surface area (TPSA) is 0 Å². The Balaban J connectivity index is 0.000000640. The van der Waals surface area contributed by atoms with Gasteiger partial charge in [-0.25, -0.2) is 0 Å². The minimum atomic E-state index is 0. The average molecular weight is 361 g/mol. The van der Waals surface area contributed by atoms with Crippen LogP contribution in [0.3, 0.4) is 0 Å². The molecule has 0 atom stereocenters. The minimum Gasteiger partial charge on any atom is -0.788 e. The minimum absolute atomic E-state index is 0. The van der Waals surface area contributed by atoms with E-state index in [-0.39, 0.29) is 31.1 Å². The summed E-state index contributed by atoms with van der Waals surface area (Å²) in [6.07, 6.45) is 0. The van der Waals surface area contributed by atoms with Gasteiger partial charge in [-0.2, -0.15) is 5.75 Å². The summed E-state index contributed by atoms with van der Waals surface area (Å²) in [7, 11) is 0. The van der Waals surface area contributed by atoms with Crippen molar-refractivity contribution in [1.29, 1.82) is 0 Å². The molecule has 0 radical (unpaired) electrons. The molecule has 1 aromatic rings. The maximum atomic E-state index is 4.82. The molecule has 0 bridgehead atoms. The maximum absolute atomic E-state index is 4.82. The molecular weight excluding hydrogens is 354 g/mol. The van der Waals surface area contributed by atoms with Crippen molar-refractivity contribution in [3.8, 4) is 0 Å². The van der Waals surface area contributed by atoms with E-state index in [2.05, 4.69) is 0 Å². The molecule has 0 aliphatic carbocycles. The first-order valence-corrected chi connectivity index (χ1v) is 3.13. The summed E-state index contributed by atoms with van der Waals surface area (Å²) in [5, 5.41) is 0. The van der Waals surface area contributed by atoms with Crippen LogP contribution in [-0.4, -0.2) is 0 Å². The van der Waals surface area contributed by atoms with Crippen molar-refractivity contribution in [1.82, 2.24) is 0 Å². The fourth-order valence-electron chi connectivity index (χ4n) is 0.574. The molecule has 0 aliphatic rings. The molecule has 0 N–H and O–H groups in total. The van der Waals surface area contributed by atoms with Gasteiger partial charge in [0.05, 0.1) is 0 Å². The van der Waals surface area contributed by atoms with Crippen LogP contribution in [0.4, 0.5) is 0 Å². The Labute approximate surface area is 84.8 Å². The van der Waals surface area contributed by atoms with Crippen LogP contribution in [0, 0.1) is 31.1 Å². The summed E-state index contributed by atoms with van der Waals surface area (Å²) in [5.41, 5.74) is 1.22. The molecule has 0 saturated carbocycles. The van der Waals surface area contributed by atoms with Crippen molar-refractivity contribution in [2.75, 3.05) is 0 Å². The van der Waals surface area contributed by atoms with Crippen LogP contribution in [0.25, 0.3) is 0 Å². The van der Waals surface area contributed by atoms with Gasteiger partial charge >= 0.3 is 0 Å². The Morgan fingerprint density at radius 3 is 2.00 bits per heavy atom. The number of benzene rings is 1. The first-order chi connectivity index (χ1) is 3.93. The quantitative estimate of drug-likeness (QED) is 0.687. The summed E-state index contributed by atoms with van der Waals surface area (Å²) in [5.74, 6) is 0.723. The predicted octanol–water partition coefficient (Wildman–Crippen LogP) is 1.73. The zero-order valence-corrected chi connectivity index (χ0v) is 9.98. The summed E-state index contributed by atoms with van der Waals surface area (Å²) in [6.45, 7) is 0. The standard InChI is InChI=1S/C7H8S.U/c8-6-7-4-2-1-3-5-7;/h1-5,8H,6H2;/p-1. The molecule has 0 nitrogen and oxygen atoms in total. The Bertz CT molecular complexity index is 150. The molecule has 0 saturated heterocycles. The fourth-order valence-corrected chi connectivity index (χ4v) is 0.767. The second-order valence-electron chi connectivity index (χ2n) is 1.63. The van der Waals surface area contributed by atoms with Gasteiger partial charge in [0.25, 0.3) is 0 Å². The van der Waals surface area contributed by atoms with Crippen molar-refractivity contribution in [3.05, 3.63) is 35.9 Å². The molecule has 46 valence electrons. The van der Waals surface area contributed by atoms with Crippen molar-refractivity contribution >= 4 is 12.6 Å². The van der Waals surface area contributed by atoms with E-state index in [0.29, 0.717) is 0 Å². The summed E-state index contributed by atoms with van der Waals surface area (Å²) in [4.78, 5) is 0. The van der Waals surface area contributed by atoms with E-state index < -0.39 is 0 Å². The van der Waals surface area contributed by atoms with Gasteiger partial charge in [0, 0.05) is 31.1 Å². The van der Waals surface area contributed by atoms with Crippen molar-refractivity contribution < 1.29 is 31.1 Å². The molecular formula is C7H7SU-. The van der Waals surface area contributed by atoms with Gasteiger partial charge in [-0.3, -0.25) is 0 Å². The van der Waals surface area contributed by atoms with Gasteiger partial charge in [-0.05, 0) is 0 Å². The third kappa shape index (κ3) is 3.35. The van der Waals surface area contributed by atoms with E-state index in [1.165, 1.54) is 5.56 Å². The van der Waals surface area contributed by atoms with E-state index in [1.54, 1.807) is 0 Å². The Morgan fingerprint density at radius 2 is 1.67 bits per heavy atom. The van der Waals surface area contributed by atoms with Gasteiger partial charge in [-0.15, -0.1) is 0 Å². The Hall–Kier alpha value is 0.622. The molecule has 1 aromatic carbocycles. The van der Waals surface area contributed by atoms with Crippen LogP contribution in [0.5, 0.6) is 0 Å². The number of hydrogen-bond acceptors (Lipinski definition) is 1. The molecule has 0 aromatic heterocycles. The third-order valence-electron chi connectivity index (χ3n) is 1.01. The van der Waals surface area contributed by atoms with Crippen molar-refractivity contribution in [3.63, 3.8) is 0 Å². The molecule has 0 fully saturated rings. The second-order valence-corrected chi connectivity index (χ2v) is 1.92. The largest absolute Gasteiger partial charge is 0.788 e. The van der Waals surface area contributed by atoms with E-state index in [1.807, 2.05) is 30.3 Å². The zero-order chi connectivity index (χ0) is 5.82. The van der Waals surface area contributed by atoms with Crippen LogP contribution >= 0.6 is 0 Å². The summed E-state index contributed by atoms with van der Waals surface area (Å²) in [6, 6.07) is 10.1. The van der Waals surface area contributed by atoms with E-state index in [4.69, 9.17) is 12.6 Å². The van der Waals surface area contributed by atoms with E-state index in [9.17, 15) is 0 Å². The zero-order valence-electron chi connectivity index (χ0n) is 5.00. The molecule has 0 amide bonds.